The summed E-state index contributed by atoms with van der Waals surface area (Å²) in [5, 5.41) is 3.43. The quantitative estimate of drug-likeness (QED) is 0.878. The van der Waals surface area contributed by atoms with Crippen molar-refractivity contribution < 1.29 is 0 Å². The lowest BCUT2D eigenvalue weighted by Gasteiger charge is -2.42. The number of likely N-dealkylation sites (tertiary alicyclic amines) is 1. The second-order valence-corrected chi connectivity index (χ2v) is 5.95. The molecule has 98 valence electrons. The minimum Gasteiger partial charge on any atom is -0.317 e. The molecule has 1 saturated heterocycles. The first-order valence-electron chi connectivity index (χ1n) is 7.27. The fraction of sp³-hybridized carbons (Fsp3) is 0.625. The van der Waals surface area contributed by atoms with Crippen LogP contribution < -0.4 is 5.32 Å². The van der Waals surface area contributed by atoms with Crippen LogP contribution in [0.1, 0.15) is 36.8 Å². The summed E-state index contributed by atoms with van der Waals surface area (Å²) in [5.74, 6) is 0.787. The second kappa shape index (κ2) is 5.02. The minimum absolute atomic E-state index is 0.726. The first-order chi connectivity index (χ1) is 8.78. The van der Waals surface area contributed by atoms with Gasteiger partial charge < -0.3 is 5.32 Å². The van der Waals surface area contributed by atoms with Gasteiger partial charge in [0.2, 0.25) is 0 Å². The summed E-state index contributed by atoms with van der Waals surface area (Å²) in [7, 11) is 2.09. The van der Waals surface area contributed by atoms with E-state index in [1.54, 1.807) is 11.1 Å². The van der Waals surface area contributed by atoms with Gasteiger partial charge in [0.25, 0.3) is 0 Å². The third-order valence-corrected chi connectivity index (χ3v) is 4.84. The zero-order valence-corrected chi connectivity index (χ0v) is 11.5. The standard InChI is InChI=1S/C16H24N2/c1-12-9-15(17-2)7-8-18(12)11-14-10-13-5-3-4-6-16(13)14/h3-6,12,14-15,17H,7-11H2,1-2H3. The van der Waals surface area contributed by atoms with Gasteiger partial charge in [0.15, 0.2) is 0 Å². The van der Waals surface area contributed by atoms with Gasteiger partial charge in [-0.05, 0) is 50.9 Å². The predicted molar refractivity (Wildman–Crippen MR) is 76.0 cm³/mol. The van der Waals surface area contributed by atoms with Crippen LogP contribution in [0.4, 0.5) is 0 Å². The van der Waals surface area contributed by atoms with Gasteiger partial charge in [0.1, 0.15) is 0 Å². The van der Waals surface area contributed by atoms with Gasteiger partial charge in [-0.25, -0.2) is 0 Å². The molecule has 2 aliphatic rings. The Morgan fingerprint density at radius 1 is 1.33 bits per heavy atom. The van der Waals surface area contributed by atoms with E-state index in [1.807, 2.05) is 0 Å². The third kappa shape index (κ3) is 2.19. The normalized spacial score (nSPS) is 31.8. The number of rotatable bonds is 3. The van der Waals surface area contributed by atoms with Gasteiger partial charge in [-0.2, -0.15) is 0 Å². The fourth-order valence-electron chi connectivity index (χ4n) is 3.56. The number of nitrogens with one attached hydrogen (secondary N) is 1. The van der Waals surface area contributed by atoms with Crippen LogP contribution in [0.2, 0.25) is 0 Å². The molecule has 3 unspecified atom stereocenters. The summed E-state index contributed by atoms with van der Waals surface area (Å²) in [5.41, 5.74) is 3.17. The average Bonchev–Trinajstić information content (AvgIpc) is 2.37. The molecule has 0 aromatic heterocycles. The van der Waals surface area contributed by atoms with Crippen molar-refractivity contribution in [3.63, 3.8) is 0 Å². The SMILES string of the molecule is CNC1CCN(CC2Cc3ccccc32)C(C)C1. The molecule has 1 aromatic carbocycles. The van der Waals surface area contributed by atoms with Gasteiger partial charge in [-0.1, -0.05) is 24.3 Å². The van der Waals surface area contributed by atoms with E-state index in [0.717, 1.165) is 18.0 Å². The smallest absolute Gasteiger partial charge is 0.00910 e. The maximum atomic E-state index is 3.43. The average molecular weight is 244 g/mol. The molecule has 1 heterocycles. The van der Waals surface area contributed by atoms with Gasteiger partial charge in [0.05, 0.1) is 0 Å². The van der Waals surface area contributed by atoms with Crippen LogP contribution in [0.5, 0.6) is 0 Å². The van der Waals surface area contributed by atoms with Crippen molar-refractivity contribution >= 4 is 0 Å². The molecule has 1 aromatic rings. The molecule has 3 atom stereocenters. The summed E-state index contributed by atoms with van der Waals surface area (Å²) in [6.07, 6.45) is 3.88. The first-order valence-corrected chi connectivity index (χ1v) is 7.27. The fourth-order valence-corrected chi connectivity index (χ4v) is 3.56. The van der Waals surface area contributed by atoms with Crippen LogP contribution in [0, 0.1) is 0 Å². The Morgan fingerprint density at radius 3 is 2.89 bits per heavy atom. The summed E-state index contributed by atoms with van der Waals surface area (Å²) in [4.78, 5) is 2.69. The Kier molecular flexibility index (Phi) is 3.40. The highest BCUT2D eigenvalue weighted by molar-refractivity contribution is 5.40. The van der Waals surface area contributed by atoms with Gasteiger partial charge in [0, 0.05) is 24.5 Å². The predicted octanol–water partition coefficient (Wildman–Crippen LogP) is 2.40. The molecule has 0 spiro atoms. The lowest BCUT2D eigenvalue weighted by atomic mass is 9.77. The molecular formula is C16H24N2. The number of hydrogen-bond acceptors (Lipinski definition) is 2. The Hall–Kier alpha value is -0.860. The van der Waals surface area contributed by atoms with E-state index in [0.29, 0.717) is 0 Å². The first kappa shape index (κ1) is 12.2. The van der Waals surface area contributed by atoms with Crippen molar-refractivity contribution in [1.82, 2.24) is 10.2 Å². The lowest BCUT2D eigenvalue weighted by Crippen LogP contribution is -2.48. The summed E-state index contributed by atoms with van der Waals surface area (Å²) >= 11 is 0. The van der Waals surface area contributed by atoms with Crippen molar-refractivity contribution in [2.24, 2.45) is 0 Å². The Balaban J connectivity index is 1.59. The summed E-state index contributed by atoms with van der Waals surface area (Å²) in [6, 6.07) is 10.4. The zero-order chi connectivity index (χ0) is 12.5. The molecule has 0 bridgehead atoms. The number of nitrogens with zero attached hydrogens (tertiary/aromatic N) is 1. The topological polar surface area (TPSA) is 15.3 Å². The molecule has 1 fully saturated rings. The minimum atomic E-state index is 0.726. The van der Waals surface area contributed by atoms with E-state index in [9.17, 15) is 0 Å². The largest absolute Gasteiger partial charge is 0.317 e. The molecule has 3 rings (SSSR count). The molecule has 0 saturated carbocycles. The van der Waals surface area contributed by atoms with Gasteiger partial charge in [-0.3, -0.25) is 4.90 Å². The zero-order valence-electron chi connectivity index (χ0n) is 11.5. The summed E-state index contributed by atoms with van der Waals surface area (Å²) < 4.78 is 0. The molecule has 1 aliphatic carbocycles. The van der Waals surface area contributed by atoms with Crippen molar-refractivity contribution in [3.05, 3.63) is 35.4 Å². The Morgan fingerprint density at radius 2 is 2.17 bits per heavy atom. The molecule has 1 aliphatic heterocycles. The molecule has 2 heteroatoms. The van der Waals surface area contributed by atoms with E-state index >= 15 is 0 Å². The maximum Gasteiger partial charge on any atom is 0.00910 e. The van der Waals surface area contributed by atoms with Crippen molar-refractivity contribution in [3.8, 4) is 0 Å². The highest BCUT2D eigenvalue weighted by Gasteiger charge is 2.31. The van der Waals surface area contributed by atoms with Gasteiger partial charge in [-0.15, -0.1) is 0 Å². The van der Waals surface area contributed by atoms with Crippen LogP contribution in [0.3, 0.4) is 0 Å². The molecule has 18 heavy (non-hydrogen) atoms. The number of hydrogen-bond donors (Lipinski definition) is 1. The highest BCUT2D eigenvalue weighted by Crippen LogP contribution is 2.36. The van der Waals surface area contributed by atoms with Crippen LogP contribution in [-0.2, 0) is 6.42 Å². The second-order valence-electron chi connectivity index (χ2n) is 5.95. The Labute approximate surface area is 110 Å². The van der Waals surface area contributed by atoms with Crippen LogP contribution >= 0.6 is 0 Å². The van der Waals surface area contributed by atoms with Crippen LogP contribution in [0.25, 0.3) is 0 Å². The maximum absolute atomic E-state index is 3.43. The molecule has 0 amide bonds. The van der Waals surface area contributed by atoms with Crippen LogP contribution in [0.15, 0.2) is 24.3 Å². The van der Waals surface area contributed by atoms with Crippen molar-refractivity contribution in [2.45, 2.75) is 44.2 Å². The molecule has 0 radical (unpaired) electrons. The number of piperidine rings is 1. The Bertz CT molecular complexity index is 415. The number of benzene rings is 1. The lowest BCUT2D eigenvalue weighted by molar-refractivity contribution is 0.127. The third-order valence-electron chi connectivity index (χ3n) is 4.84. The van der Waals surface area contributed by atoms with Crippen molar-refractivity contribution in [2.75, 3.05) is 20.1 Å². The van der Waals surface area contributed by atoms with Crippen molar-refractivity contribution in [1.29, 1.82) is 0 Å². The van der Waals surface area contributed by atoms with E-state index in [-0.39, 0.29) is 0 Å². The monoisotopic (exact) mass is 244 g/mol. The summed E-state index contributed by atoms with van der Waals surface area (Å²) in [6.45, 7) is 4.90. The van der Waals surface area contributed by atoms with Gasteiger partial charge >= 0.3 is 0 Å². The number of fused-ring (bicyclic) bond motifs is 1. The van der Waals surface area contributed by atoms with E-state index < -0.39 is 0 Å². The van der Waals surface area contributed by atoms with E-state index in [1.165, 1.54) is 32.4 Å². The molecule has 1 N–H and O–H groups in total. The van der Waals surface area contributed by atoms with Crippen LogP contribution in [-0.4, -0.2) is 37.1 Å². The molecule has 2 nitrogen and oxygen atoms in total. The highest BCUT2D eigenvalue weighted by atomic mass is 15.2. The van der Waals surface area contributed by atoms with E-state index in [2.05, 4.69) is 48.5 Å². The van der Waals surface area contributed by atoms with E-state index in [4.69, 9.17) is 0 Å². The molecular weight excluding hydrogens is 220 g/mol.